The molecule has 2 rings (SSSR count). The lowest BCUT2D eigenvalue weighted by molar-refractivity contribution is -0.141. The number of nitrogens with zero attached hydrogens (tertiary/aromatic N) is 1. The zero-order chi connectivity index (χ0) is 18.8. The van der Waals surface area contributed by atoms with Crippen LogP contribution in [-0.2, 0) is 9.59 Å². The largest absolute Gasteiger partial charge is 0.348 e. The van der Waals surface area contributed by atoms with Crippen LogP contribution in [0.2, 0.25) is 0 Å². The number of halogens is 1. The van der Waals surface area contributed by atoms with E-state index >= 15 is 0 Å². The highest BCUT2D eigenvalue weighted by Crippen LogP contribution is 2.25. The Bertz CT molecular complexity index is 625. The molecule has 0 aromatic heterocycles. The maximum Gasteiger partial charge on any atom is 0.243 e. The summed E-state index contributed by atoms with van der Waals surface area (Å²) >= 11 is 3.41. The van der Waals surface area contributed by atoms with Crippen molar-refractivity contribution < 1.29 is 9.59 Å². The van der Waals surface area contributed by atoms with Crippen molar-refractivity contribution in [2.75, 3.05) is 6.54 Å². The molecule has 0 aliphatic carbocycles. The molecule has 1 aromatic carbocycles. The van der Waals surface area contributed by atoms with Crippen molar-refractivity contribution in [3.63, 3.8) is 0 Å². The lowest BCUT2D eigenvalue weighted by atomic mass is 9.86. The van der Waals surface area contributed by atoms with Crippen molar-refractivity contribution in [3.8, 4) is 0 Å². The summed E-state index contributed by atoms with van der Waals surface area (Å²) in [5.41, 5.74) is 6.81. The van der Waals surface area contributed by atoms with Gasteiger partial charge in [-0.1, -0.05) is 48.8 Å². The number of benzene rings is 1. The standard InChI is InChI=1S/C19H28BrN3O2/c1-12(13-7-9-14(20)10-8-13)22-17(24)15-6-5-11-23(15)18(25)16(21)19(2,3)4/h7-10,12,15-16H,5-6,11,21H2,1-4H3,(H,22,24)/t12?,15-,16?/m0/s1. The second-order valence-corrected chi connectivity index (χ2v) is 8.73. The number of nitrogens with two attached hydrogens (primary N) is 1. The third-order valence-corrected chi connectivity index (χ3v) is 5.30. The minimum atomic E-state index is -0.607. The van der Waals surface area contributed by atoms with E-state index in [2.05, 4.69) is 21.2 Å². The van der Waals surface area contributed by atoms with Crippen LogP contribution >= 0.6 is 15.9 Å². The Hall–Kier alpha value is -1.40. The van der Waals surface area contributed by atoms with E-state index in [1.165, 1.54) is 0 Å². The molecule has 2 unspecified atom stereocenters. The van der Waals surface area contributed by atoms with Crippen LogP contribution in [0.1, 0.15) is 52.1 Å². The molecule has 3 N–H and O–H groups in total. The summed E-state index contributed by atoms with van der Waals surface area (Å²) in [7, 11) is 0. The molecule has 1 fully saturated rings. The SMILES string of the molecule is CC(NC(=O)[C@@H]1CCCN1C(=O)C(N)C(C)(C)C)c1ccc(Br)cc1. The molecule has 1 saturated heterocycles. The zero-order valence-electron chi connectivity index (χ0n) is 15.4. The van der Waals surface area contributed by atoms with Crippen LogP contribution in [-0.4, -0.2) is 35.3 Å². The van der Waals surface area contributed by atoms with E-state index in [0.29, 0.717) is 13.0 Å². The Balaban J connectivity index is 2.05. The molecule has 0 radical (unpaired) electrons. The highest BCUT2D eigenvalue weighted by molar-refractivity contribution is 9.10. The molecule has 25 heavy (non-hydrogen) atoms. The number of carbonyl (C=O) groups is 2. The van der Waals surface area contributed by atoms with Gasteiger partial charge in [0.25, 0.3) is 0 Å². The van der Waals surface area contributed by atoms with Crippen LogP contribution in [0.3, 0.4) is 0 Å². The molecular formula is C19H28BrN3O2. The van der Waals surface area contributed by atoms with Crippen LogP contribution in [0, 0.1) is 5.41 Å². The highest BCUT2D eigenvalue weighted by atomic mass is 79.9. The Labute approximate surface area is 158 Å². The number of nitrogens with one attached hydrogen (secondary N) is 1. The smallest absolute Gasteiger partial charge is 0.243 e. The predicted octanol–water partition coefficient (Wildman–Crippen LogP) is 2.99. The quantitative estimate of drug-likeness (QED) is 0.802. The van der Waals surface area contributed by atoms with E-state index in [9.17, 15) is 9.59 Å². The molecule has 1 aromatic rings. The first-order valence-electron chi connectivity index (χ1n) is 8.73. The summed E-state index contributed by atoms with van der Waals surface area (Å²) < 4.78 is 0.999. The molecular weight excluding hydrogens is 382 g/mol. The lowest BCUT2D eigenvalue weighted by Gasteiger charge is -2.33. The van der Waals surface area contributed by atoms with E-state index in [-0.39, 0.29) is 23.3 Å². The first kappa shape index (κ1) is 19.9. The minimum Gasteiger partial charge on any atom is -0.348 e. The fraction of sp³-hybridized carbons (Fsp3) is 0.579. The molecule has 2 amide bonds. The van der Waals surface area contributed by atoms with Crippen molar-refractivity contribution >= 4 is 27.7 Å². The van der Waals surface area contributed by atoms with Crippen molar-refractivity contribution in [1.29, 1.82) is 0 Å². The zero-order valence-corrected chi connectivity index (χ0v) is 17.0. The number of hydrogen-bond donors (Lipinski definition) is 2. The molecule has 0 spiro atoms. The second-order valence-electron chi connectivity index (χ2n) is 7.82. The molecule has 138 valence electrons. The van der Waals surface area contributed by atoms with Gasteiger partial charge in [-0.2, -0.15) is 0 Å². The van der Waals surface area contributed by atoms with Gasteiger partial charge >= 0.3 is 0 Å². The van der Waals surface area contributed by atoms with Gasteiger partial charge in [0.2, 0.25) is 11.8 Å². The average molecular weight is 410 g/mol. The number of likely N-dealkylation sites (tertiary alicyclic amines) is 1. The molecule has 1 aliphatic rings. The molecule has 1 heterocycles. The van der Waals surface area contributed by atoms with E-state index in [1.807, 2.05) is 52.0 Å². The molecule has 3 atom stereocenters. The first-order valence-corrected chi connectivity index (χ1v) is 9.52. The lowest BCUT2D eigenvalue weighted by Crippen LogP contribution is -2.55. The van der Waals surface area contributed by atoms with Gasteiger partial charge in [0, 0.05) is 11.0 Å². The summed E-state index contributed by atoms with van der Waals surface area (Å²) in [4.78, 5) is 27.1. The summed E-state index contributed by atoms with van der Waals surface area (Å²) in [5, 5.41) is 3.03. The van der Waals surface area contributed by atoms with Gasteiger partial charge in [-0.25, -0.2) is 0 Å². The van der Waals surface area contributed by atoms with Crippen LogP contribution in [0.15, 0.2) is 28.7 Å². The average Bonchev–Trinajstić information content (AvgIpc) is 3.02. The first-order chi connectivity index (χ1) is 11.6. The number of amides is 2. The Morgan fingerprint density at radius 3 is 2.44 bits per heavy atom. The van der Waals surface area contributed by atoms with Gasteiger partial charge in [-0.05, 0) is 42.9 Å². The van der Waals surface area contributed by atoms with Crippen molar-refractivity contribution in [2.45, 2.75) is 58.7 Å². The van der Waals surface area contributed by atoms with Gasteiger partial charge in [0.15, 0.2) is 0 Å². The second kappa shape index (κ2) is 7.87. The minimum absolute atomic E-state index is 0.109. The van der Waals surface area contributed by atoms with Gasteiger partial charge in [-0.3, -0.25) is 9.59 Å². The topological polar surface area (TPSA) is 75.4 Å². The van der Waals surface area contributed by atoms with Crippen LogP contribution < -0.4 is 11.1 Å². The number of rotatable bonds is 4. The van der Waals surface area contributed by atoms with E-state index in [1.54, 1.807) is 4.90 Å². The Kier molecular flexibility index (Phi) is 6.27. The Morgan fingerprint density at radius 2 is 1.88 bits per heavy atom. The third-order valence-electron chi connectivity index (χ3n) is 4.77. The van der Waals surface area contributed by atoms with Gasteiger partial charge in [0.05, 0.1) is 12.1 Å². The van der Waals surface area contributed by atoms with Crippen molar-refractivity contribution in [1.82, 2.24) is 10.2 Å². The normalized spacial score (nSPS) is 20.2. The molecule has 1 aliphatic heterocycles. The summed E-state index contributed by atoms with van der Waals surface area (Å²) in [6.07, 6.45) is 1.51. The van der Waals surface area contributed by atoms with Crippen molar-refractivity contribution in [2.24, 2.45) is 11.1 Å². The van der Waals surface area contributed by atoms with Crippen LogP contribution in [0.5, 0.6) is 0 Å². The molecule has 0 saturated carbocycles. The third kappa shape index (κ3) is 4.82. The maximum absolute atomic E-state index is 12.7. The van der Waals surface area contributed by atoms with Crippen LogP contribution in [0.4, 0.5) is 0 Å². The van der Waals surface area contributed by atoms with Gasteiger partial charge < -0.3 is 16.0 Å². The van der Waals surface area contributed by atoms with Gasteiger partial charge in [0.1, 0.15) is 6.04 Å². The van der Waals surface area contributed by atoms with Crippen LogP contribution in [0.25, 0.3) is 0 Å². The number of carbonyl (C=O) groups excluding carboxylic acids is 2. The highest BCUT2D eigenvalue weighted by Gasteiger charge is 2.39. The van der Waals surface area contributed by atoms with Crippen molar-refractivity contribution in [3.05, 3.63) is 34.3 Å². The summed E-state index contributed by atoms with van der Waals surface area (Å²) in [6.45, 7) is 8.36. The fourth-order valence-electron chi connectivity index (χ4n) is 3.00. The Morgan fingerprint density at radius 1 is 1.28 bits per heavy atom. The monoisotopic (exact) mass is 409 g/mol. The summed E-state index contributed by atoms with van der Waals surface area (Å²) in [5.74, 6) is -0.246. The summed E-state index contributed by atoms with van der Waals surface area (Å²) in [6, 6.07) is 6.69. The fourth-order valence-corrected chi connectivity index (χ4v) is 3.26. The van der Waals surface area contributed by atoms with E-state index < -0.39 is 12.1 Å². The molecule has 5 nitrogen and oxygen atoms in total. The maximum atomic E-state index is 12.7. The van der Waals surface area contributed by atoms with E-state index in [4.69, 9.17) is 5.73 Å². The molecule has 0 bridgehead atoms. The van der Waals surface area contributed by atoms with Gasteiger partial charge in [-0.15, -0.1) is 0 Å². The van der Waals surface area contributed by atoms with E-state index in [0.717, 1.165) is 16.5 Å². The predicted molar refractivity (Wildman–Crippen MR) is 103 cm³/mol. The molecule has 6 heteroatoms. The number of hydrogen-bond acceptors (Lipinski definition) is 3.